The molecule has 1 N–H and O–H groups in total. The maximum absolute atomic E-state index is 9.46. The molecule has 1 aliphatic carbocycles. The Morgan fingerprint density at radius 1 is 0.957 bits per heavy atom. The third-order valence-electron chi connectivity index (χ3n) is 4.82. The van der Waals surface area contributed by atoms with E-state index in [2.05, 4.69) is 24.0 Å². The predicted octanol–water partition coefficient (Wildman–Crippen LogP) is 4.35. The number of nitrogens with zero attached hydrogens (tertiary/aromatic N) is 2. The van der Waals surface area contributed by atoms with E-state index in [1.54, 1.807) is 12.1 Å². The van der Waals surface area contributed by atoms with Crippen LogP contribution in [0.1, 0.15) is 37.1 Å². The lowest BCUT2D eigenvalue weighted by molar-refractivity contribution is 0.368. The SMILES string of the molecule is CC1(C)[C@H](c2ccc(O)cc2)[C@H]1c1nc(-c2ccccc2)no1. The summed E-state index contributed by atoms with van der Waals surface area (Å²) in [6, 6.07) is 17.2. The van der Waals surface area contributed by atoms with Gasteiger partial charge in [0.25, 0.3) is 0 Å². The van der Waals surface area contributed by atoms with E-state index in [4.69, 9.17) is 4.52 Å². The van der Waals surface area contributed by atoms with E-state index >= 15 is 0 Å². The Labute approximate surface area is 134 Å². The van der Waals surface area contributed by atoms with E-state index in [1.165, 1.54) is 5.56 Å². The molecule has 1 fully saturated rings. The van der Waals surface area contributed by atoms with Gasteiger partial charge in [-0.1, -0.05) is 61.5 Å². The molecule has 23 heavy (non-hydrogen) atoms. The van der Waals surface area contributed by atoms with E-state index in [0.717, 1.165) is 5.56 Å². The van der Waals surface area contributed by atoms with Crippen molar-refractivity contribution in [2.75, 3.05) is 0 Å². The van der Waals surface area contributed by atoms with Crippen LogP contribution >= 0.6 is 0 Å². The zero-order valence-electron chi connectivity index (χ0n) is 13.1. The molecule has 0 amide bonds. The van der Waals surface area contributed by atoms with Crippen molar-refractivity contribution in [3.63, 3.8) is 0 Å². The minimum Gasteiger partial charge on any atom is -0.508 e. The number of hydrogen-bond donors (Lipinski definition) is 1. The van der Waals surface area contributed by atoms with Crippen LogP contribution < -0.4 is 0 Å². The van der Waals surface area contributed by atoms with Crippen LogP contribution in [-0.2, 0) is 0 Å². The van der Waals surface area contributed by atoms with Crippen molar-refractivity contribution in [1.29, 1.82) is 0 Å². The fourth-order valence-electron chi connectivity index (χ4n) is 3.47. The fraction of sp³-hybridized carbons (Fsp3) is 0.263. The second-order valence-electron chi connectivity index (χ2n) is 6.69. The normalized spacial score (nSPS) is 22.0. The molecule has 0 saturated heterocycles. The molecule has 4 heteroatoms. The topological polar surface area (TPSA) is 59.2 Å². The van der Waals surface area contributed by atoms with Gasteiger partial charge in [-0.3, -0.25) is 0 Å². The Balaban J connectivity index is 1.64. The van der Waals surface area contributed by atoms with E-state index in [1.807, 2.05) is 42.5 Å². The minimum atomic E-state index is 0.0669. The fourth-order valence-corrected chi connectivity index (χ4v) is 3.47. The molecular weight excluding hydrogens is 288 g/mol. The summed E-state index contributed by atoms with van der Waals surface area (Å²) in [5.74, 6) is 2.14. The molecule has 0 unspecified atom stereocenters. The van der Waals surface area contributed by atoms with Gasteiger partial charge in [0.05, 0.1) is 5.92 Å². The zero-order valence-corrected chi connectivity index (χ0v) is 13.1. The predicted molar refractivity (Wildman–Crippen MR) is 87.1 cm³/mol. The zero-order chi connectivity index (χ0) is 16.0. The monoisotopic (exact) mass is 306 g/mol. The molecule has 1 heterocycles. The Bertz CT molecular complexity index is 822. The highest BCUT2D eigenvalue weighted by atomic mass is 16.5. The third kappa shape index (κ3) is 2.31. The lowest BCUT2D eigenvalue weighted by Crippen LogP contribution is -1.90. The Morgan fingerprint density at radius 3 is 2.35 bits per heavy atom. The molecular formula is C19H18N2O2. The Morgan fingerprint density at radius 2 is 1.65 bits per heavy atom. The molecule has 0 radical (unpaired) electrons. The molecule has 2 aromatic carbocycles. The number of benzene rings is 2. The van der Waals surface area contributed by atoms with Crippen molar-refractivity contribution >= 4 is 0 Å². The summed E-state index contributed by atoms with van der Waals surface area (Å²) < 4.78 is 5.54. The van der Waals surface area contributed by atoms with Crippen LogP contribution in [0, 0.1) is 5.41 Å². The summed E-state index contributed by atoms with van der Waals surface area (Å²) in [4.78, 5) is 4.60. The largest absolute Gasteiger partial charge is 0.508 e. The van der Waals surface area contributed by atoms with E-state index in [9.17, 15) is 5.11 Å². The molecule has 1 saturated carbocycles. The molecule has 0 spiro atoms. The third-order valence-corrected chi connectivity index (χ3v) is 4.82. The number of phenols is 1. The number of aromatic nitrogens is 2. The average molecular weight is 306 g/mol. The first kappa shape index (κ1) is 14.0. The van der Waals surface area contributed by atoms with E-state index in [0.29, 0.717) is 17.6 Å². The molecule has 0 bridgehead atoms. The van der Waals surface area contributed by atoms with Gasteiger partial charge < -0.3 is 9.63 Å². The molecule has 4 rings (SSSR count). The lowest BCUT2D eigenvalue weighted by atomic mass is 10.0. The highest BCUT2D eigenvalue weighted by molar-refractivity contribution is 5.54. The first-order valence-corrected chi connectivity index (χ1v) is 7.75. The van der Waals surface area contributed by atoms with Crippen LogP contribution in [0.5, 0.6) is 5.75 Å². The second kappa shape index (κ2) is 4.95. The Kier molecular flexibility index (Phi) is 3.01. The van der Waals surface area contributed by atoms with Crippen molar-refractivity contribution < 1.29 is 9.63 Å². The molecule has 2 atom stereocenters. The highest BCUT2D eigenvalue weighted by Crippen LogP contribution is 2.69. The van der Waals surface area contributed by atoms with Crippen molar-refractivity contribution in [1.82, 2.24) is 10.1 Å². The number of hydrogen-bond acceptors (Lipinski definition) is 4. The van der Waals surface area contributed by atoms with Crippen molar-refractivity contribution in [2.24, 2.45) is 5.41 Å². The van der Waals surface area contributed by atoms with Gasteiger partial charge in [0.2, 0.25) is 11.7 Å². The standard InChI is InChI=1S/C19H18N2O2/c1-19(2)15(12-8-10-14(22)11-9-12)16(19)18-20-17(21-23-18)13-6-4-3-5-7-13/h3-11,15-16,22H,1-2H3/t15-,16+/m1/s1. The smallest absolute Gasteiger partial charge is 0.231 e. The summed E-state index contributed by atoms with van der Waals surface area (Å²) in [6.07, 6.45) is 0. The van der Waals surface area contributed by atoms with Gasteiger partial charge >= 0.3 is 0 Å². The van der Waals surface area contributed by atoms with Gasteiger partial charge in [-0.05, 0) is 23.1 Å². The summed E-state index contributed by atoms with van der Waals surface area (Å²) in [5, 5.41) is 13.6. The second-order valence-corrected chi connectivity index (χ2v) is 6.69. The maximum Gasteiger partial charge on any atom is 0.231 e. The van der Waals surface area contributed by atoms with Gasteiger partial charge in [-0.25, -0.2) is 0 Å². The van der Waals surface area contributed by atoms with Crippen LogP contribution in [0.3, 0.4) is 0 Å². The van der Waals surface area contributed by atoms with Gasteiger partial charge in [-0.15, -0.1) is 0 Å². The van der Waals surface area contributed by atoms with Gasteiger partial charge in [0, 0.05) is 11.5 Å². The summed E-state index contributed by atoms with van der Waals surface area (Å²) in [7, 11) is 0. The molecule has 116 valence electrons. The van der Waals surface area contributed by atoms with Crippen LogP contribution in [0.2, 0.25) is 0 Å². The molecule has 0 aliphatic heterocycles. The van der Waals surface area contributed by atoms with E-state index in [-0.39, 0.29) is 17.1 Å². The Hall–Kier alpha value is -2.62. The van der Waals surface area contributed by atoms with Crippen molar-refractivity contribution in [2.45, 2.75) is 25.7 Å². The van der Waals surface area contributed by atoms with Gasteiger partial charge in [-0.2, -0.15) is 4.98 Å². The van der Waals surface area contributed by atoms with Gasteiger partial charge in [0.15, 0.2) is 0 Å². The van der Waals surface area contributed by atoms with E-state index < -0.39 is 0 Å². The first-order chi connectivity index (χ1) is 11.1. The quantitative estimate of drug-likeness (QED) is 0.781. The maximum atomic E-state index is 9.46. The van der Waals surface area contributed by atoms with Crippen LogP contribution in [-0.4, -0.2) is 15.2 Å². The molecule has 4 nitrogen and oxygen atoms in total. The highest BCUT2D eigenvalue weighted by Gasteiger charge is 2.61. The summed E-state index contributed by atoms with van der Waals surface area (Å²) in [5.41, 5.74) is 2.22. The first-order valence-electron chi connectivity index (χ1n) is 7.75. The van der Waals surface area contributed by atoms with Gasteiger partial charge in [0.1, 0.15) is 5.75 Å². The van der Waals surface area contributed by atoms with Crippen molar-refractivity contribution in [3.8, 4) is 17.1 Å². The minimum absolute atomic E-state index is 0.0669. The van der Waals surface area contributed by atoms with Crippen LogP contribution in [0.4, 0.5) is 0 Å². The molecule has 1 aliphatic rings. The number of phenolic OH excluding ortho intramolecular Hbond substituents is 1. The van der Waals surface area contributed by atoms with Crippen molar-refractivity contribution in [3.05, 3.63) is 66.1 Å². The number of aromatic hydroxyl groups is 1. The van der Waals surface area contributed by atoms with Crippen LogP contribution in [0.15, 0.2) is 59.1 Å². The summed E-state index contributed by atoms with van der Waals surface area (Å²) in [6.45, 7) is 4.42. The molecule has 1 aromatic heterocycles. The average Bonchev–Trinajstić information content (AvgIpc) is 2.92. The lowest BCUT2D eigenvalue weighted by Gasteiger charge is -2.02. The summed E-state index contributed by atoms with van der Waals surface area (Å²) >= 11 is 0. The number of rotatable bonds is 3. The van der Waals surface area contributed by atoms with Crippen LogP contribution in [0.25, 0.3) is 11.4 Å². The molecule has 3 aromatic rings.